The molecule has 0 saturated heterocycles. The van der Waals surface area contributed by atoms with Gasteiger partial charge in [0, 0.05) is 11.6 Å². The zero-order valence-corrected chi connectivity index (χ0v) is 23.4. The number of ether oxygens (including phenoxy) is 1. The van der Waals surface area contributed by atoms with Crippen molar-refractivity contribution in [1.82, 2.24) is 9.78 Å². The maximum absolute atomic E-state index is 14.1. The van der Waals surface area contributed by atoms with Crippen molar-refractivity contribution in [3.8, 4) is 22.7 Å². The van der Waals surface area contributed by atoms with E-state index in [0.717, 1.165) is 54.1 Å². The molecule has 0 radical (unpaired) electrons. The van der Waals surface area contributed by atoms with E-state index in [1.165, 1.54) is 17.9 Å². The lowest BCUT2D eigenvalue weighted by atomic mass is 10.1. The molecule has 12 heteroatoms. The van der Waals surface area contributed by atoms with Gasteiger partial charge in [-0.25, -0.2) is 13.5 Å². The molecule has 0 unspecified atom stereocenters. The van der Waals surface area contributed by atoms with Gasteiger partial charge in [-0.3, -0.25) is 0 Å². The van der Waals surface area contributed by atoms with Gasteiger partial charge in [-0.2, -0.15) is 21.9 Å². The minimum absolute atomic E-state index is 0.236. The minimum atomic E-state index is -4.90. The number of aryl methyl sites for hydroxylation is 1. The van der Waals surface area contributed by atoms with Gasteiger partial charge in [0.05, 0.1) is 28.3 Å². The average molecular weight is 596 g/mol. The van der Waals surface area contributed by atoms with Crippen molar-refractivity contribution in [2.75, 3.05) is 10.8 Å². The van der Waals surface area contributed by atoms with Gasteiger partial charge in [-0.05, 0) is 91.9 Å². The molecule has 1 aromatic heterocycles. The third-order valence-electron chi connectivity index (χ3n) is 6.20. The number of hydrogen-bond acceptors (Lipinski definition) is 6. The number of rotatable bonds is 8. The van der Waals surface area contributed by atoms with Crippen LogP contribution in [0.15, 0.2) is 113 Å². The summed E-state index contributed by atoms with van der Waals surface area (Å²) in [5.41, 5.74) is 2.10. The van der Waals surface area contributed by atoms with Crippen LogP contribution in [-0.2, 0) is 20.0 Å². The van der Waals surface area contributed by atoms with E-state index in [0.29, 0.717) is 17.0 Å². The minimum Gasteiger partial charge on any atom is -0.497 e. The maximum Gasteiger partial charge on any atom is 0.279 e. The third kappa shape index (κ3) is 5.43. The lowest BCUT2D eigenvalue weighted by Gasteiger charge is -2.24. The fourth-order valence-corrected chi connectivity index (χ4v) is 7.71. The summed E-state index contributed by atoms with van der Waals surface area (Å²) in [6.07, 6.45) is 0. The highest BCUT2D eigenvalue weighted by Crippen LogP contribution is 2.36. The highest BCUT2D eigenvalue weighted by atomic mass is 32.3. The fourth-order valence-electron chi connectivity index (χ4n) is 4.06. The maximum atomic E-state index is 14.1. The van der Waals surface area contributed by atoms with Gasteiger partial charge in [-0.15, -0.1) is 3.71 Å². The van der Waals surface area contributed by atoms with E-state index in [1.54, 1.807) is 48.5 Å². The van der Waals surface area contributed by atoms with Gasteiger partial charge >= 0.3 is 0 Å². The van der Waals surface area contributed by atoms with Crippen LogP contribution in [0.5, 0.6) is 5.75 Å². The first-order valence-corrected chi connectivity index (χ1v) is 15.0. The number of halogens is 2. The van der Waals surface area contributed by atoms with Crippen molar-refractivity contribution < 1.29 is 30.4 Å². The number of anilines is 1. The Morgan fingerprint density at radius 3 is 1.66 bits per heavy atom. The summed E-state index contributed by atoms with van der Waals surface area (Å²) in [5.74, 6) is -1.17. The smallest absolute Gasteiger partial charge is 0.279 e. The van der Waals surface area contributed by atoms with Crippen LogP contribution < -0.4 is 8.45 Å². The predicted octanol–water partition coefficient (Wildman–Crippen LogP) is 5.72. The fraction of sp³-hybridized carbons (Fsp3) is 0.0690. The number of hydrogen-bond donors (Lipinski definition) is 0. The van der Waals surface area contributed by atoms with Crippen molar-refractivity contribution >= 4 is 25.9 Å². The first kappa shape index (κ1) is 28.0. The highest BCUT2D eigenvalue weighted by Gasteiger charge is 2.40. The van der Waals surface area contributed by atoms with Crippen molar-refractivity contribution in [3.05, 3.63) is 120 Å². The van der Waals surface area contributed by atoms with E-state index < -0.39 is 41.5 Å². The zero-order valence-electron chi connectivity index (χ0n) is 21.8. The predicted molar refractivity (Wildman–Crippen MR) is 150 cm³/mol. The second-order valence-electron chi connectivity index (χ2n) is 8.98. The summed E-state index contributed by atoms with van der Waals surface area (Å²) < 4.78 is 90.4. The largest absolute Gasteiger partial charge is 0.497 e. The monoisotopic (exact) mass is 595 g/mol. The zero-order chi connectivity index (χ0) is 29.4. The summed E-state index contributed by atoms with van der Waals surface area (Å²) in [6, 6.07) is 22.4. The van der Waals surface area contributed by atoms with Crippen LogP contribution in [0.3, 0.4) is 0 Å². The summed E-state index contributed by atoms with van der Waals surface area (Å²) in [7, 11) is -8.29. The first-order valence-electron chi connectivity index (χ1n) is 12.1. The molecular formula is C29H23F2N3O5S2. The molecule has 0 amide bonds. The van der Waals surface area contributed by atoms with E-state index in [2.05, 4.69) is 5.10 Å². The molecule has 0 fully saturated rings. The summed E-state index contributed by atoms with van der Waals surface area (Å²) >= 11 is 0. The van der Waals surface area contributed by atoms with Gasteiger partial charge in [0.2, 0.25) is 0 Å². The molecular weight excluding hydrogens is 572 g/mol. The van der Waals surface area contributed by atoms with Crippen LogP contribution >= 0.6 is 0 Å². The van der Waals surface area contributed by atoms with E-state index in [9.17, 15) is 25.6 Å². The number of aromatic nitrogens is 2. The third-order valence-corrected chi connectivity index (χ3v) is 10.4. The molecule has 0 bridgehead atoms. The Labute approximate surface area is 236 Å². The van der Waals surface area contributed by atoms with Gasteiger partial charge in [0.15, 0.2) is 5.82 Å². The van der Waals surface area contributed by atoms with Crippen LogP contribution in [0.1, 0.15) is 5.56 Å². The van der Waals surface area contributed by atoms with Crippen LogP contribution in [0, 0.1) is 18.6 Å². The Balaban J connectivity index is 1.81. The molecule has 210 valence electrons. The van der Waals surface area contributed by atoms with Crippen LogP contribution in [0.25, 0.3) is 16.9 Å². The van der Waals surface area contributed by atoms with Gasteiger partial charge in [0.25, 0.3) is 20.0 Å². The average Bonchev–Trinajstić information content (AvgIpc) is 3.38. The SMILES string of the molecule is COc1ccc(-c2cc(N(S(=O)(=O)c3ccc(F)cc3)S(=O)(=O)c3ccc(F)cc3)n(-c3ccc(C)cc3)n2)cc1. The van der Waals surface area contributed by atoms with Crippen LogP contribution in [0.2, 0.25) is 0 Å². The molecule has 41 heavy (non-hydrogen) atoms. The van der Waals surface area contributed by atoms with E-state index in [4.69, 9.17) is 4.74 Å². The first-order chi connectivity index (χ1) is 19.5. The van der Waals surface area contributed by atoms with Crippen molar-refractivity contribution in [2.24, 2.45) is 0 Å². The highest BCUT2D eigenvalue weighted by molar-refractivity contribution is 8.10. The van der Waals surface area contributed by atoms with E-state index in [1.807, 2.05) is 6.92 Å². The Morgan fingerprint density at radius 1 is 0.707 bits per heavy atom. The van der Waals surface area contributed by atoms with E-state index in [-0.39, 0.29) is 15.2 Å². The van der Waals surface area contributed by atoms with Crippen molar-refractivity contribution in [3.63, 3.8) is 0 Å². The number of benzene rings is 4. The normalized spacial score (nSPS) is 11.8. The topological polar surface area (TPSA) is 98.6 Å². The molecule has 0 saturated carbocycles. The Morgan fingerprint density at radius 2 is 1.20 bits per heavy atom. The molecule has 5 rings (SSSR count). The summed E-state index contributed by atoms with van der Waals surface area (Å²) in [5, 5.41) is 4.58. The van der Waals surface area contributed by atoms with Crippen LogP contribution in [0.4, 0.5) is 14.6 Å². The molecule has 1 heterocycles. The molecule has 8 nitrogen and oxygen atoms in total. The number of nitrogens with zero attached hydrogens (tertiary/aromatic N) is 3. The van der Waals surface area contributed by atoms with Crippen molar-refractivity contribution in [2.45, 2.75) is 16.7 Å². The van der Waals surface area contributed by atoms with Gasteiger partial charge < -0.3 is 4.74 Å². The summed E-state index contributed by atoms with van der Waals surface area (Å²) in [6.45, 7) is 1.86. The Bertz CT molecular complexity index is 1830. The molecule has 0 aliphatic carbocycles. The van der Waals surface area contributed by atoms with E-state index >= 15 is 0 Å². The second-order valence-corrected chi connectivity index (χ2v) is 12.8. The Hall–Kier alpha value is -4.55. The van der Waals surface area contributed by atoms with Gasteiger partial charge in [0.1, 0.15) is 17.4 Å². The standard InChI is InChI=1S/C29H23F2N3O5S2/c1-20-3-11-24(12-4-20)33-29(19-28(32-33)21-5-13-25(39-2)14-6-21)34(40(35,36)26-15-7-22(30)8-16-26)41(37,38)27-17-9-23(31)10-18-27/h3-19H,1-2H3. The Kier molecular flexibility index (Phi) is 7.37. The van der Waals surface area contributed by atoms with Gasteiger partial charge in [-0.1, -0.05) is 17.7 Å². The number of sulfonamides is 2. The molecule has 4 aromatic carbocycles. The molecule has 5 aromatic rings. The molecule has 0 spiro atoms. The van der Waals surface area contributed by atoms with Crippen LogP contribution in [-0.4, -0.2) is 33.7 Å². The van der Waals surface area contributed by atoms with Crippen molar-refractivity contribution in [1.29, 1.82) is 0 Å². The molecule has 0 aliphatic rings. The second kappa shape index (κ2) is 10.8. The lowest BCUT2D eigenvalue weighted by Crippen LogP contribution is -2.38. The summed E-state index contributed by atoms with van der Waals surface area (Å²) in [4.78, 5) is -0.959. The molecule has 0 aliphatic heterocycles. The quantitative estimate of drug-likeness (QED) is 0.228. The number of methoxy groups -OCH3 is 1. The molecule has 0 N–H and O–H groups in total. The molecule has 0 atom stereocenters. The lowest BCUT2D eigenvalue weighted by molar-refractivity contribution is 0.415.